The molecule has 0 heterocycles. The van der Waals surface area contributed by atoms with Crippen molar-refractivity contribution in [3.63, 3.8) is 0 Å². The number of benzene rings is 1. The fourth-order valence-electron chi connectivity index (χ4n) is 1.13. The van der Waals surface area contributed by atoms with Gasteiger partial charge in [-0.05, 0) is 19.1 Å². The van der Waals surface area contributed by atoms with Crippen molar-refractivity contribution < 1.29 is 14.6 Å². The highest BCUT2D eigenvalue weighted by molar-refractivity contribution is 9.10. The molecule has 1 aromatic carbocycles. The van der Waals surface area contributed by atoms with Crippen LogP contribution in [0.1, 0.15) is 18.6 Å². The van der Waals surface area contributed by atoms with Crippen molar-refractivity contribution in [3.05, 3.63) is 28.2 Å². The van der Waals surface area contributed by atoms with Crippen LogP contribution in [0.3, 0.4) is 0 Å². The largest absolute Gasteiger partial charge is 0.483 e. The van der Waals surface area contributed by atoms with Crippen molar-refractivity contribution in [1.29, 1.82) is 0 Å². The summed E-state index contributed by atoms with van der Waals surface area (Å²) in [6, 6.07) is 5.20. The van der Waals surface area contributed by atoms with E-state index in [1.807, 2.05) is 0 Å². The van der Waals surface area contributed by atoms with Crippen LogP contribution in [0.25, 0.3) is 0 Å². The van der Waals surface area contributed by atoms with Gasteiger partial charge in [0.2, 0.25) is 0 Å². The summed E-state index contributed by atoms with van der Waals surface area (Å²) in [5.41, 5.74) is 5.59. The number of nitrogens with two attached hydrogens (primary N) is 1. The molecule has 0 aliphatic carbocycles. The van der Waals surface area contributed by atoms with Crippen LogP contribution in [0.2, 0.25) is 0 Å². The molecule has 0 fully saturated rings. The van der Waals surface area contributed by atoms with E-state index in [0.717, 1.165) is 4.47 Å². The topological polar surface area (TPSA) is 72.6 Å². The van der Waals surface area contributed by atoms with Crippen LogP contribution in [0.5, 0.6) is 5.75 Å². The summed E-state index contributed by atoms with van der Waals surface area (Å²) >= 11 is 3.27. The van der Waals surface area contributed by atoms with Gasteiger partial charge >= 0.3 is 0 Å². The first-order valence-electron chi connectivity index (χ1n) is 4.39. The molecule has 0 spiro atoms. The van der Waals surface area contributed by atoms with Gasteiger partial charge in [0.15, 0.2) is 6.61 Å². The summed E-state index contributed by atoms with van der Waals surface area (Å²) in [5.74, 6) is -0.0929. The number of aliphatic hydroxyl groups excluding tert-OH is 1. The Kier molecular flexibility index (Phi) is 4.11. The van der Waals surface area contributed by atoms with E-state index in [4.69, 9.17) is 10.5 Å². The summed E-state index contributed by atoms with van der Waals surface area (Å²) in [4.78, 5) is 10.6. The van der Waals surface area contributed by atoms with E-state index >= 15 is 0 Å². The summed E-state index contributed by atoms with van der Waals surface area (Å²) in [6.07, 6.45) is -0.652. The third-order valence-electron chi connectivity index (χ3n) is 1.80. The minimum atomic E-state index is -0.652. The number of carbonyl (C=O) groups is 1. The van der Waals surface area contributed by atoms with Gasteiger partial charge in [-0.15, -0.1) is 0 Å². The summed E-state index contributed by atoms with van der Waals surface area (Å²) in [6.45, 7) is 1.43. The monoisotopic (exact) mass is 273 g/mol. The molecular weight excluding hydrogens is 262 g/mol. The standard InChI is InChI=1S/C10H12BrNO3/c1-6(13)8-3-2-7(11)4-9(8)15-5-10(12)14/h2-4,6,13H,5H2,1H3,(H2,12,14). The zero-order valence-corrected chi connectivity index (χ0v) is 9.82. The first kappa shape index (κ1) is 12.0. The molecule has 0 aliphatic rings. The van der Waals surface area contributed by atoms with Crippen LogP contribution in [0, 0.1) is 0 Å². The number of carbonyl (C=O) groups excluding carboxylic acids is 1. The molecule has 1 unspecified atom stereocenters. The van der Waals surface area contributed by atoms with Gasteiger partial charge in [-0.25, -0.2) is 0 Å². The lowest BCUT2D eigenvalue weighted by Gasteiger charge is -2.12. The van der Waals surface area contributed by atoms with Gasteiger partial charge in [0.1, 0.15) is 5.75 Å². The maximum absolute atomic E-state index is 10.6. The van der Waals surface area contributed by atoms with Crippen molar-refractivity contribution >= 4 is 21.8 Å². The van der Waals surface area contributed by atoms with E-state index in [1.54, 1.807) is 25.1 Å². The second-order valence-electron chi connectivity index (χ2n) is 3.11. The van der Waals surface area contributed by atoms with Gasteiger partial charge in [-0.2, -0.15) is 0 Å². The van der Waals surface area contributed by atoms with Gasteiger partial charge in [0.25, 0.3) is 5.91 Å². The van der Waals surface area contributed by atoms with Crippen molar-refractivity contribution in [2.75, 3.05) is 6.61 Å². The lowest BCUT2D eigenvalue weighted by atomic mass is 10.1. The first-order chi connectivity index (χ1) is 7.00. The Bertz CT molecular complexity index is 366. The van der Waals surface area contributed by atoms with Gasteiger partial charge in [-0.1, -0.05) is 22.0 Å². The highest BCUT2D eigenvalue weighted by Gasteiger charge is 2.10. The smallest absolute Gasteiger partial charge is 0.255 e. The van der Waals surface area contributed by atoms with Crippen LogP contribution >= 0.6 is 15.9 Å². The minimum Gasteiger partial charge on any atom is -0.483 e. The molecule has 0 saturated carbocycles. The number of ether oxygens (including phenoxy) is 1. The van der Waals surface area contributed by atoms with Crippen LogP contribution in [0.15, 0.2) is 22.7 Å². The molecule has 1 atom stereocenters. The maximum atomic E-state index is 10.6. The number of amides is 1. The number of rotatable bonds is 4. The zero-order chi connectivity index (χ0) is 11.4. The highest BCUT2D eigenvalue weighted by atomic mass is 79.9. The van der Waals surface area contributed by atoms with Crippen LogP contribution in [-0.4, -0.2) is 17.6 Å². The molecule has 15 heavy (non-hydrogen) atoms. The summed E-state index contributed by atoms with van der Waals surface area (Å²) < 4.78 is 5.99. The average Bonchev–Trinajstić information content (AvgIpc) is 2.14. The maximum Gasteiger partial charge on any atom is 0.255 e. The van der Waals surface area contributed by atoms with E-state index in [2.05, 4.69) is 15.9 Å². The number of aliphatic hydroxyl groups is 1. The van der Waals surface area contributed by atoms with Crippen molar-refractivity contribution in [3.8, 4) is 5.75 Å². The molecule has 1 rings (SSSR count). The number of halogens is 1. The molecular formula is C10H12BrNO3. The Labute approximate surface area is 96.2 Å². The Morgan fingerprint density at radius 1 is 1.67 bits per heavy atom. The number of hydrogen-bond acceptors (Lipinski definition) is 3. The molecule has 0 radical (unpaired) electrons. The van der Waals surface area contributed by atoms with Crippen LogP contribution in [-0.2, 0) is 4.79 Å². The average molecular weight is 274 g/mol. The molecule has 82 valence electrons. The summed E-state index contributed by atoms with van der Waals surface area (Å²) in [5, 5.41) is 9.45. The van der Waals surface area contributed by atoms with Gasteiger partial charge in [-0.3, -0.25) is 4.79 Å². The fourth-order valence-corrected chi connectivity index (χ4v) is 1.47. The quantitative estimate of drug-likeness (QED) is 0.870. The number of hydrogen-bond donors (Lipinski definition) is 2. The number of primary amides is 1. The van der Waals surface area contributed by atoms with Gasteiger partial charge < -0.3 is 15.6 Å². The highest BCUT2D eigenvalue weighted by Crippen LogP contribution is 2.28. The predicted octanol–water partition coefficient (Wildman–Crippen LogP) is 1.37. The molecule has 0 bridgehead atoms. The van der Waals surface area contributed by atoms with Crippen LogP contribution in [0.4, 0.5) is 0 Å². The van der Waals surface area contributed by atoms with E-state index in [0.29, 0.717) is 11.3 Å². The molecule has 4 nitrogen and oxygen atoms in total. The Morgan fingerprint density at radius 3 is 2.87 bits per heavy atom. The molecule has 3 N–H and O–H groups in total. The molecule has 1 aromatic rings. The molecule has 0 aliphatic heterocycles. The molecule has 1 amide bonds. The van der Waals surface area contributed by atoms with E-state index in [-0.39, 0.29) is 6.61 Å². The molecule has 0 saturated heterocycles. The minimum absolute atomic E-state index is 0.198. The second kappa shape index (κ2) is 5.14. The summed E-state index contributed by atoms with van der Waals surface area (Å²) in [7, 11) is 0. The SMILES string of the molecule is CC(O)c1ccc(Br)cc1OCC(N)=O. The fraction of sp³-hybridized carbons (Fsp3) is 0.300. The van der Waals surface area contributed by atoms with Gasteiger partial charge in [0, 0.05) is 10.0 Å². The van der Waals surface area contributed by atoms with E-state index in [9.17, 15) is 9.90 Å². The van der Waals surface area contributed by atoms with E-state index in [1.165, 1.54) is 0 Å². The molecule has 0 aromatic heterocycles. The Balaban J connectivity index is 2.91. The Morgan fingerprint density at radius 2 is 2.33 bits per heavy atom. The van der Waals surface area contributed by atoms with Crippen molar-refractivity contribution in [2.45, 2.75) is 13.0 Å². The third-order valence-corrected chi connectivity index (χ3v) is 2.29. The van der Waals surface area contributed by atoms with Crippen LogP contribution < -0.4 is 10.5 Å². The van der Waals surface area contributed by atoms with Crippen molar-refractivity contribution in [2.24, 2.45) is 5.73 Å². The Hall–Kier alpha value is -1.07. The second-order valence-corrected chi connectivity index (χ2v) is 4.03. The first-order valence-corrected chi connectivity index (χ1v) is 5.18. The lowest BCUT2D eigenvalue weighted by Crippen LogP contribution is -2.20. The van der Waals surface area contributed by atoms with Crippen molar-refractivity contribution in [1.82, 2.24) is 0 Å². The van der Waals surface area contributed by atoms with E-state index < -0.39 is 12.0 Å². The molecule has 5 heteroatoms. The lowest BCUT2D eigenvalue weighted by molar-refractivity contribution is -0.120. The third kappa shape index (κ3) is 3.53. The normalized spacial score (nSPS) is 12.2. The zero-order valence-electron chi connectivity index (χ0n) is 8.24. The van der Waals surface area contributed by atoms with Gasteiger partial charge in [0.05, 0.1) is 6.10 Å². The predicted molar refractivity (Wildman–Crippen MR) is 59.5 cm³/mol.